The Morgan fingerprint density at radius 1 is 1.10 bits per heavy atom. The molecule has 0 saturated heterocycles. The number of hydrogen-bond donors (Lipinski definition) is 2. The van der Waals surface area contributed by atoms with Gasteiger partial charge in [-0.3, -0.25) is 0 Å². The first-order valence-corrected chi connectivity index (χ1v) is 6.85. The first kappa shape index (κ1) is 14.5. The van der Waals surface area contributed by atoms with Crippen LogP contribution < -0.4 is 10.6 Å². The normalized spacial score (nSPS) is 11.8. The van der Waals surface area contributed by atoms with E-state index in [1.165, 1.54) is 11.6 Å². The van der Waals surface area contributed by atoms with Crippen molar-refractivity contribution < 1.29 is 4.39 Å². The summed E-state index contributed by atoms with van der Waals surface area (Å²) in [5.41, 5.74) is 2.72. The lowest BCUT2D eigenvalue weighted by atomic mass is 10.1. The average Bonchev–Trinajstić information content (AvgIpc) is 2.42. The van der Waals surface area contributed by atoms with Crippen LogP contribution in [-0.2, 0) is 0 Å². The van der Waals surface area contributed by atoms with Crippen LogP contribution in [0.15, 0.2) is 48.5 Å². The molecular formula is C16H17FN2S. The summed E-state index contributed by atoms with van der Waals surface area (Å²) >= 11 is 5.21. The van der Waals surface area contributed by atoms with Crippen molar-refractivity contribution in [2.24, 2.45) is 0 Å². The van der Waals surface area contributed by atoms with Gasteiger partial charge in [-0.2, -0.15) is 0 Å². The van der Waals surface area contributed by atoms with Crippen molar-refractivity contribution >= 4 is 23.0 Å². The highest BCUT2D eigenvalue weighted by molar-refractivity contribution is 7.80. The van der Waals surface area contributed by atoms with Gasteiger partial charge in [0, 0.05) is 0 Å². The molecule has 20 heavy (non-hydrogen) atoms. The van der Waals surface area contributed by atoms with Crippen LogP contribution in [0.4, 0.5) is 10.1 Å². The topological polar surface area (TPSA) is 24.1 Å². The van der Waals surface area contributed by atoms with Crippen LogP contribution in [0, 0.1) is 12.7 Å². The number of hydrogen-bond acceptors (Lipinski definition) is 1. The predicted octanol–water partition coefficient (Wildman–Crippen LogP) is 4.18. The Morgan fingerprint density at radius 2 is 1.75 bits per heavy atom. The van der Waals surface area contributed by atoms with Crippen molar-refractivity contribution in [3.8, 4) is 0 Å². The third-order valence-electron chi connectivity index (χ3n) is 3.05. The van der Waals surface area contributed by atoms with Gasteiger partial charge in [-0.1, -0.05) is 42.0 Å². The first-order valence-electron chi connectivity index (χ1n) is 6.45. The molecular weight excluding hydrogens is 271 g/mol. The molecule has 1 atom stereocenters. The molecule has 0 fully saturated rings. The van der Waals surface area contributed by atoms with E-state index in [2.05, 4.69) is 34.9 Å². The van der Waals surface area contributed by atoms with Crippen molar-refractivity contribution in [3.63, 3.8) is 0 Å². The maximum Gasteiger partial charge on any atom is 0.171 e. The maximum atomic E-state index is 13.5. The van der Waals surface area contributed by atoms with Crippen molar-refractivity contribution in [1.29, 1.82) is 0 Å². The van der Waals surface area contributed by atoms with Crippen molar-refractivity contribution in [2.45, 2.75) is 19.9 Å². The zero-order valence-corrected chi connectivity index (χ0v) is 12.3. The van der Waals surface area contributed by atoms with Gasteiger partial charge >= 0.3 is 0 Å². The smallest absolute Gasteiger partial charge is 0.171 e. The molecule has 2 aromatic carbocycles. The van der Waals surface area contributed by atoms with Crippen LogP contribution in [0.2, 0.25) is 0 Å². The summed E-state index contributed by atoms with van der Waals surface area (Å²) < 4.78 is 13.5. The molecule has 0 saturated carbocycles. The number of nitrogens with one attached hydrogen (secondary N) is 2. The minimum atomic E-state index is -0.320. The molecule has 0 bridgehead atoms. The third kappa shape index (κ3) is 3.78. The summed E-state index contributed by atoms with van der Waals surface area (Å²) in [6, 6.07) is 14.7. The summed E-state index contributed by atoms with van der Waals surface area (Å²) in [6.07, 6.45) is 0. The second kappa shape index (κ2) is 6.48. The van der Waals surface area contributed by atoms with Crippen LogP contribution in [0.5, 0.6) is 0 Å². The van der Waals surface area contributed by atoms with Gasteiger partial charge in [0.2, 0.25) is 0 Å². The zero-order chi connectivity index (χ0) is 14.5. The van der Waals surface area contributed by atoms with E-state index in [0.717, 1.165) is 5.56 Å². The van der Waals surface area contributed by atoms with Gasteiger partial charge in [-0.25, -0.2) is 4.39 Å². The molecule has 4 heteroatoms. The van der Waals surface area contributed by atoms with Crippen molar-refractivity contribution in [1.82, 2.24) is 5.32 Å². The summed E-state index contributed by atoms with van der Waals surface area (Å²) in [7, 11) is 0. The molecule has 0 unspecified atom stereocenters. The Labute approximate surface area is 124 Å². The lowest BCUT2D eigenvalue weighted by Crippen LogP contribution is -2.31. The molecule has 0 amide bonds. The fourth-order valence-electron chi connectivity index (χ4n) is 1.86. The number of aryl methyl sites for hydroxylation is 1. The fourth-order valence-corrected chi connectivity index (χ4v) is 2.14. The van der Waals surface area contributed by atoms with Gasteiger partial charge < -0.3 is 10.6 Å². The molecule has 2 aromatic rings. The molecule has 0 aliphatic carbocycles. The lowest BCUT2D eigenvalue weighted by molar-refractivity contribution is 0.631. The molecule has 2 nitrogen and oxygen atoms in total. The van der Waals surface area contributed by atoms with E-state index in [9.17, 15) is 4.39 Å². The van der Waals surface area contributed by atoms with Gasteiger partial charge in [0.1, 0.15) is 5.82 Å². The largest absolute Gasteiger partial charge is 0.356 e. The summed E-state index contributed by atoms with van der Waals surface area (Å²) in [6.45, 7) is 4.06. The van der Waals surface area contributed by atoms with Crippen molar-refractivity contribution in [2.75, 3.05) is 5.32 Å². The van der Waals surface area contributed by atoms with E-state index >= 15 is 0 Å². The summed E-state index contributed by atoms with van der Waals surface area (Å²) in [5.74, 6) is -0.320. The second-order valence-electron chi connectivity index (χ2n) is 4.71. The maximum absolute atomic E-state index is 13.5. The van der Waals surface area contributed by atoms with Crippen LogP contribution in [-0.4, -0.2) is 5.11 Å². The van der Waals surface area contributed by atoms with Crippen LogP contribution in [0.1, 0.15) is 24.1 Å². The minimum Gasteiger partial charge on any atom is -0.356 e. The molecule has 2 rings (SSSR count). The van der Waals surface area contributed by atoms with E-state index in [4.69, 9.17) is 12.2 Å². The monoisotopic (exact) mass is 288 g/mol. The van der Waals surface area contributed by atoms with Crippen LogP contribution in [0.3, 0.4) is 0 Å². The Hall–Kier alpha value is -1.94. The predicted molar refractivity (Wildman–Crippen MR) is 85.4 cm³/mol. The second-order valence-corrected chi connectivity index (χ2v) is 5.12. The molecule has 0 spiro atoms. The Bertz CT molecular complexity index is 596. The number of anilines is 1. The summed E-state index contributed by atoms with van der Waals surface area (Å²) in [5, 5.41) is 6.42. The lowest BCUT2D eigenvalue weighted by Gasteiger charge is -2.17. The Balaban J connectivity index is 1.98. The van der Waals surface area contributed by atoms with Crippen LogP contribution in [0.25, 0.3) is 0 Å². The number of rotatable bonds is 3. The molecule has 0 radical (unpaired) electrons. The molecule has 0 aromatic heterocycles. The van der Waals surface area contributed by atoms with E-state index in [0.29, 0.717) is 10.8 Å². The van der Waals surface area contributed by atoms with E-state index in [-0.39, 0.29) is 11.9 Å². The average molecular weight is 288 g/mol. The van der Waals surface area contributed by atoms with E-state index < -0.39 is 0 Å². The quantitative estimate of drug-likeness (QED) is 0.828. The fraction of sp³-hybridized carbons (Fsp3) is 0.188. The molecule has 2 N–H and O–H groups in total. The highest BCUT2D eigenvalue weighted by atomic mass is 32.1. The van der Waals surface area contributed by atoms with Gasteiger partial charge in [-0.15, -0.1) is 0 Å². The van der Waals surface area contributed by atoms with Gasteiger partial charge in [0.15, 0.2) is 5.11 Å². The minimum absolute atomic E-state index is 0.0578. The highest BCUT2D eigenvalue weighted by Crippen LogP contribution is 2.15. The number of benzene rings is 2. The number of halogens is 1. The van der Waals surface area contributed by atoms with Gasteiger partial charge in [0.25, 0.3) is 0 Å². The van der Waals surface area contributed by atoms with Gasteiger partial charge in [0.05, 0.1) is 11.7 Å². The van der Waals surface area contributed by atoms with E-state index in [1.54, 1.807) is 18.2 Å². The molecule has 104 valence electrons. The van der Waals surface area contributed by atoms with Crippen molar-refractivity contribution in [3.05, 3.63) is 65.5 Å². The van der Waals surface area contributed by atoms with Crippen LogP contribution >= 0.6 is 12.2 Å². The highest BCUT2D eigenvalue weighted by Gasteiger charge is 2.08. The van der Waals surface area contributed by atoms with E-state index in [1.807, 2.05) is 13.8 Å². The first-order chi connectivity index (χ1) is 9.56. The molecule has 0 aliphatic rings. The SMILES string of the molecule is Cc1ccc([C@@H](C)NC(=S)Nc2ccccc2F)cc1. The Morgan fingerprint density at radius 3 is 2.40 bits per heavy atom. The number of thiocarbonyl (C=S) groups is 1. The molecule has 0 heterocycles. The number of para-hydroxylation sites is 1. The molecule has 0 aliphatic heterocycles. The zero-order valence-electron chi connectivity index (χ0n) is 11.5. The van der Waals surface area contributed by atoms with Gasteiger partial charge in [-0.05, 0) is 43.8 Å². The Kier molecular flexibility index (Phi) is 4.69. The standard InChI is InChI=1S/C16H17FN2S/c1-11-7-9-13(10-8-11)12(2)18-16(20)19-15-6-4-3-5-14(15)17/h3-10,12H,1-2H3,(H2,18,19,20)/t12-/m1/s1. The summed E-state index contributed by atoms with van der Waals surface area (Å²) in [4.78, 5) is 0. The third-order valence-corrected chi connectivity index (χ3v) is 3.27.